The monoisotopic (exact) mass is 250 g/mol. The summed E-state index contributed by atoms with van der Waals surface area (Å²) >= 11 is 0. The van der Waals surface area contributed by atoms with Crippen molar-refractivity contribution in [2.45, 2.75) is 12.5 Å². The van der Waals surface area contributed by atoms with E-state index in [-0.39, 0.29) is 5.69 Å². The lowest BCUT2D eigenvalue weighted by Crippen LogP contribution is -2.24. The molecule has 0 aliphatic carbocycles. The fraction of sp³-hybridized carbons (Fsp3) is 0.364. The lowest BCUT2D eigenvalue weighted by atomic mass is 10.3. The van der Waals surface area contributed by atoms with E-state index in [0.717, 1.165) is 0 Å². The van der Waals surface area contributed by atoms with E-state index in [4.69, 9.17) is 5.73 Å². The van der Waals surface area contributed by atoms with Crippen molar-refractivity contribution in [2.24, 2.45) is 5.73 Å². The Labute approximate surface area is 104 Å². The van der Waals surface area contributed by atoms with Crippen molar-refractivity contribution in [3.8, 4) is 0 Å². The van der Waals surface area contributed by atoms with Gasteiger partial charge in [-0.05, 0) is 12.5 Å². The van der Waals surface area contributed by atoms with E-state index in [1.54, 1.807) is 6.07 Å². The maximum absolute atomic E-state index is 11.2. The second-order valence-electron chi connectivity index (χ2n) is 4.11. The van der Waals surface area contributed by atoms with Crippen molar-refractivity contribution >= 4 is 23.8 Å². The highest BCUT2D eigenvalue weighted by Gasteiger charge is 2.22. The maximum Gasteiger partial charge on any atom is 0.267 e. The molecular weight excluding hydrogens is 236 g/mol. The first-order valence-electron chi connectivity index (χ1n) is 5.55. The summed E-state index contributed by atoms with van der Waals surface area (Å²) in [6.07, 6.45) is 0.772. The van der Waals surface area contributed by atoms with Crippen LogP contribution in [0.25, 0.3) is 0 Å². The smallest absolute Gasteiger partial charge is 0.267 e. The number of anilines is 2. The highest BCUT2D eigenvalue weighted by molar-refractivity contribution is 5.93. The van der Waals surface area contributed by atoms with E-state index in [1.807, 2.05) is 4.90 Å². The first-order chi connectivity index (χ1) is 8.60. The number of nitrogens with one attached hydrogen (secondary N) is 1. The normalized spacial score (nSPS) is 18.7. The molecule has 2 amide bonds. The maximum atomic E-state index is 11.2. The molecule has 0 spiro atoms. The Morgan fingerprint density at radius 3 is 2.94 bits per heavy atom. The van der Waals surface area contributed by atoms with Gasteiger partial charge in [0.15, 0.2) is 0 Å². The zero-order valence-corrected chi connectivity index (χ0v) is 9.67. The first-order valence-corrected chi connectivity index (χ1v) is 5.55. The second kappa shape index (κ2) is 5.01. The SMILES string of the molecule is NC(=O)c1cc(NC=O)cc(N2CCC(O)C2)n1. The number of pyridine rings is 1. The number of nitrogens with two attached hydrogens (primary N) is 1. The van der Waals surface area contributed by atoms with Crippen molar-refractivity contribution in [2.75, 3.05) is 23.3 Å². The Bertz CT molecular complexity index is 477. The summed E-state index contributed by atoms with van der Waals surface area (Å²) in [5.74, 6) is -0.141. The van der Waals surface area contributed by atoms with Crippen molar-refractivity contribution in [1.29, 1.82) is 0 Å². The molecule has 1 aliphatic rings. The molecule has 7 heteroatoms. The van der Waals surface area contributed by atoms with Gasteiger partial charge in [0.1, 0.15) is 11.5 Å². The molecule has 2 heterocycles. The Kier molecular flexibility index (Phi) is 3.42. The molecule has 1 fully saturated rings. The highest BCUT2D eigenvalue weighted by atomic mass is 16.3. The molecule has 4 N–H and O–H groups in total. The third-order valence-electron chi connectivity index (χ3n) is 2.78. The molecule has 1 aromatic rings. The largest absolute Gasteiger partial charge is 0.391 e. The van der Waals surface area contributed by atoms with E-state index >= 15 is 0 Å². The quantitative estimate of drug-likeness (QED) is 0.613. The van der Waals surface area contributed by atoms with Gasteiger partial charge in [-0.3, -0.25) is 9.59 Å². The molecular formula is C11H14N4O3. The van der Waals surface area contributed by atoms with Crippen LogP contribution in [0.4, 0.5) is 11.5 Å². The zero-order chi connectivity index (χ0) is 13.1. The van der Waals surface area contributed by atoms with E-state index in [9.17, 15) is 14.7 Å². The van der Waals surface area contributed by atoms with Gasteiger partial charge in [-0.2, -0.15) is 0 Å². The minimum Gasteiger partial charge on any atom is -0.391 e. The van der Waals surface area contributed by atoms with Gasteiger partial charge < -0.3 is 21.1 Å². The predicted octanol–water partition coefficient (Wildman–Crippen LogP) is -0.680. The summed E-state index contributed by atoms with van der Waals surface area (Å²) < 4.78 is 0. The van der Waals surface area contributed by atoms with Crippen molar-refractivity contribution in [1.82, 2.24) is 4.98 Å². The Morgan fingerprint density at radius 1 is 1.61 bits per heavy atom. The van der Waals surface area contributed by atoms with Gasteiger partial charge >= 0.3 is 0 Å². The van der Waals surface area contributed by atoms with Gasteiger partial charge in [0.2, 0.25) is 6.41 Å². The number of aromatic nitrogens is 1. The van der Waals surface area contributed by atoms with Crippen LogP contribution in [0, 0.1) is 0 Å². The molecule has 0 bridgehead atoms. The van der Waals surface area contributed by atoms with Gasteiger partial charge in [0, 0.05) is 24.8 Å². The molecule has 2 rings (SSSR count). The summed E-state index contributed by atoms with van der Waals surface area (Å²) in [4.78, 5) is 27.6. The number of carbonyl (C=O) groups is 2. The van der Waals surface area contributed by atoms with Crippen LogP contribution in [-0.4, -0.2) is 41.6 Å². The number of nitrogens with zero attached hydrogens (tertiary/aromatic N) is 2. The molecule has 18 heavy (non-hydrogen) atoms. The summed E-state index contributed by atoms with van der Waals surface area (Å²) in [5.41, 5.74) is 5.72. The zero-order valence-electron chi connectivity index (χ0n) is 9.67. The van der Waals surface area contributed by atoms with Gasteiger partial charge in [-0.1, -0.05) is 0 Å². The van der Waals surface area contributed by atoms with Crippen LogP contribution in [0.3, 0.4) is 0 Å². The second-order valence-corrected chi connectivity index (χ2v) is 4.11. The average Bonchev–Trinajstić information content (AvgIpc) is 2.76. The lowest BCUT2D eigenvalue weighted by Gasteiger charge is -2.18. The molecule has 0 saturated carbocycles. The van der Waals surface area contributed by atoms with E-state index in [1.165, 1.54) is 6.07 Å². The third-order valence-corrected chi connectivity index (χ3v) is 2.78. The van der Waals surface area contributed by atoms with Crippen LogP contribution in [0.2, 0.25) is 0 Å². The Balaban J connectivity index is 2.33. The van der Waals surface area contributed by atoms with Crippen LogP contribution in [-0.2, 0) is 4.79 Å². The number of aliphatic hydroxyl groups excluding tert-OH is 1. The predicted molar refractivity (Wildman–Crippen MR) is 65.3 cm³/mol. The topological polar surface area (TPSA) is 109 Å². The van der Waals surface area contributed by atoms with Crippen LogP contribution < -0.4 is 16.0 Å². The van der Waals surface area contributed by atoms with E-state index < -0.39 is 12.0 Å². The van der Waals surface area contributed by atoms with Gasteiger partial charge in [-0.25, -0.2) is 4.98 Å². The van der Waals surface area contributed by atoms with Crippen molar-refractivity contribution < 1.29 is 14.7 Å². The molecule has 1 atom stereocenters. The summed E-state index contributed by atoms with van der Waals surface area (Å²) in [6.45, 7) is 1.10. The number of carbonyl (C=O) groups excluding carboxylic acids is 2. The molecule has 0 radical (unpaired) electrons. The van der Waals surface area contributed by atoms with Gasteiger partial charge in [-0.15, -0.1) is 0 Å². The van der Waals surface area contributed by atoms with Crippen LogP contribution >= 0.6 is 0 Å². The fourth-order valence-corrected chi connectivity index (χ4v) is 1.91. The van der Waals surface area contributed by atoms with Crippen LogP contribution in [0.1, 0.15) is 16.9 Å². The van der Waals surface area contributed by atoms with Crippen LogP contribution in [0.5, 0.6) is 0 Å². The Morgan fingerprint density at radius 2 is 2.39 bits per heavy atom. The number of hydrogen-bond donors (Lipinski definition) is 3. The minimum atomic E-state index is -0.662. The van der Waals surface area contributed by atoms with E-state index in [0.29, 0.717) is 37.4 Å². The molecule has 1 aromatic heterocycles. The first kappa shape index (κ1) is 12.3. The average molecular weight is 250 g/mol. The standard InChI is InChI=1S/C11H14N4O3/c12-11(18)9-3-7(13-6-16)4-10(14-9)15-2-1-8(17)5-15/h3-4,6,8,17H,1-2,5H2,(H2,12,18)(H,13,14,16). The number of amides is 2. The lowest BCUT2D eigenvalue weighted by molar-refractivity contribution is -0.105. The molecule has 1 aliphatic heterocycles. The van der Waals surface area contributed by atoms with Crippen LogP contribution in [0.15, 0.2) is 12.1 Å². The van der Waals surface area contributed by atoms with Gasteiger partial charge in [0.05, 0.1) is 6.10 Å². The molecule has 7 nitrogen and oxygen atoms in total. The summed E-state index contributed by atoms with van der Waals surface area (Å²) in [6, 6.07) is 3.05. The summed E-state index contributed by atoms with van der Waals surface area (Å²) in [7, 11) is 0. The molecule has 1 unspecified atom stereocenters. The minimum absolute atomic E-state index is 0.0817. The number of β-amino-alcohol motifs (C(OH)–C–C–N with tert-alkyl or cyclic N) is 1. The molecule has 96 valence electrons. The van der Waals surface area contributed by atoms with E-state index in [2.05, 4.69) is 10.3 Å². The third kappa shape index (κ3) is 2.57. The molecule has 0 aromatic carbocycles. The number of aliphatic hydroxyl groups is 1. The fourth-order valence-electron chi connectivity index (χ4n) is 1.91. The van der Waals surface area contributed by atoms with Crippen molar-refractivity contribution in [3.63, 3.8) is 0 Å². The van der Waals surface area contributed by atoms with Crippen molar-refractivity contribution in [3.05, 3.63) is 17.8 Å². The van der Waals surface area contributed by atoms with Gasteiger partial charge in [0.25, 0.3) is 5.91 Å². The Hall–Kier alpha value is -2.15. The molecule has 1 saturated heterocycles. The number of hydrogen-bond acceptors (Lipinski definition) is 5. The number of rotatable bonds is 4. The highest BCUT2D eigenvalue weighted by Crippen LogP contribution is 2.22. The summed E-state index contributed by atoms with van der Waals surface area (Å²) in [5, 5.41) is 11.9. The number of primary amides is 1.